The van der Waals surface area contributed by atoms with Crippen LogP contribution >= 0.6 is 22.7 Å². The van der Waals surface area contributed by atoms with Crippen molar-refractivity contribution < 1.29 is 9.59 Å². The van der Waals surface area contributed by atoms with E-state index in [0.29, 0.717) is 42.6 Å². The number of carbonyl (C=O) groups excluding carboxylic acids is 2. The van der Waals surface area contributed by atoms with Crippen molar-refractivity contribution in [2.24, 2.45) is 5.92 Å². The third-order valence-electron chi connectivity index (χ3n) is 6.49. The molecule has 1 saturated carbocycles. The molecule has 1 fully saturated rings. The maximum atomic E-state index is 13.7. The normalized spacial score (nSPS) is 13.4. The number of benzene rings is 1. The highest BCUT2D eigenvalue weighted by atomic mass is 32.1. The summed E-state index contributed by atoms with van der Waals surface area (Å²) >= 11 is 3.06. The summed E-state index contributed by atoms with van der Waals surface area (Å²) in [5.74, 6) is 0.291. The first-order valence-electron chi connectivity index (χ1n) is 11.9. The molecule has 182 valence electrons. The molecule has 7 nitrogen and oxygen atoms in total. The Hall–Kier alpha value is -3.04. The fourth-order valence-electron chi connectivity index (χ4n) is 4.24. The number of aromatic nitrogens is 3. The van der Waals surface area contributed by atoms with Gasteiger partial charge in [-0.3, -0.25) is 14.0 Å². The van der Waals surface area contributed by atoms with Gasteiger partial charge < -0.3 is 10.2 Å². The Kier molecular flexibility index (Phi) is 6.46. The summed E-state index contributed by atoms with van der Waals surface area (Å²) in [6.07, 6.45) is 4.14. The van der Waals surface area contributed by atoms with E-state index in [0.717, 1.165) is 33.3 Å². The van der Waals surface area contributed by atoms with E-state index in [9.17, 15) is 9.59 Å². The Bertz CT molecular complexity index is 1410. The van der Waals surface area contributed by atoms with Crippen LogP contribution in [-0.2, 0) is 0 Å². The van der Waals surface area contributed by atoms with E-state index >= 15 is 0 Å². The van der Waals surface area contributed by atoms with E-state index < -0.39 is 0 Å². The van der Waals surface area contributed by atoms with E-state index in [1.165, 1.54) is 22.5 Å². The van der Waals surface area contributed by atoms with Crippen LogP contribution < -0.4 is 5.32 Å². The number of hydrogen-bond donors (Lipinski definition) is 1. The molecule has 0 unspecified atom stereocenters. The van der Waals surface area contributed by atoms with Gasteiger partial charge in [0, 0.05) is 31.2 Å². The lowest BCUT2D eigenvalue weighted by molar-refractivity contribution is 0.0736. The molecule has 0 radical (unpaired) electrons. The van der Waals surface area contributed by atoms with Crippen LogP contribution in [0.2, 0.25) is 0 Å². The fraction of sp³-hybridized carbons (Fsp3) is 0.385. The topological polar surface area (TPSA) is 79.6 Å². The molecule has 0 bridgehead atoms. The molecule has 0 saturated heterocycles. The second-order valence-corrected chi connectivity index (χ2v) is 11.3. The number of thiazole rings is 2. The summed E-state index contributed by atoms with van der Waals surface area (Å²) < 4.78 is 1.82. The van der Waals surface area contributed by atoms with Gasteiger partial charge >= 0.3 is 0 Å². The van der Waals surface area contributed by atoms with Crippen LogP contribution in [-0.4, -0.2) is 50.7 Å². The quantitative estimate of drug-likeness (QED) is 0.363. The van der Waals surface area contributed by atoms with Crippen molar-refractivity contribution in [2.75, 3.05) is 19.6 Å². The first-order chi connectivity index (χ1) is 16.8. The first-order valence-corrected chi connectivity index (χ1v) is 13.6. The predicted octanol–water partition coefficient (Wildman–Crippen LogP) is 5.04. The van der Waals surface area contributed by atoms with Gasteiger partial charge in [-0.2, -0.15) is 0 Å². The van der Waals surface area contributed by atoms with Gasteiger partial charge in [-0.25, -0.2) is 9.97 Å². The highest BCUT2D eigenvalue weighted by molar-refractivity contribution is 7.15. The number of imidazole rings is 1. The Labute approximate surface area is 212 Å². The fourth-order valence-corrected chi connectivity index (χ4v) is 5.91. The predicted molar refractivity (Wildman–Crippen MR) is 141 cm³/mol. The van der Waals surface area contributed by atoms with Gasteiger partial charge in [0.05, 0.1) is 15.6 Å². The summed E-state index contributed by atoms with van der Waals surface area (Å²) in [6, 6.07) is 6.29. The molecule has 5 rings (SSSR count). The van der Waals surface area contributed by atoms with E-state index in [-0.39, 0.29) is 11.8 Å². The summed E-state index contributed by atoms with van der Waals surface area (Å²) in [5.41, 5.74) is 5.21. The second kappa shape index (κ2) is 9.54. The number of nitrogens with one attached hydrogen (secondary N) is 1. The molecule has 0 atom stereocenters. The van der Waals surface area contributed by atoms with Crippen molar-refractivity contribution in [3.8, 4) is 10.4 Å². The van der Waals surface area contributed by atoms with E-state index in [1.807, 2.05) is 34.7 Å². The van der Waals surface area contributed by atoms with Gasteiger partial charge in [0.15, 0.2) is 4.96 Å². The van der Waals surface area contributed by atoms with Gasteiger partial charge in [0.1, 0.15) is 11.4 Å². The van der Waals surface area contributed by atoms with Crippen LogP contribution in [0.3, 0.4) is 0 Å². The zero-order valence-corrected chi connectivity index (χ0v) is 22.1. The minimum absolute atomic E-state index is 0.0653. The number of carbonyl (C=O) groups is 2. The number of hydrogen-bond acceptors (Lipinski definition) is 6. The summed E-state index contributed by atoms with van der Waals surface area (Å²) in [6.45, 7) is 9.46. The molecule has 1 N–H and O–H groups in total. The molecule has 1 aromatic carbocycles. The van der Waals surface area contributed by atoms with Gasteiger partial charge in [-0.1, -0.05) is 18.2 Å². The smallest absolute Gasteiger partial charge is 0.274 e. The van der Waals surface area contributed by atoms with Crippen molar-refractivity contribution in [2.45, 2.75) is 40.5 Å². The van der Waals surface area contributed by atoms with Crippen LogP contribution in [0.15, 0.2) is 29.8 Å². The summed E-state index contributed by atoms with van der Waals surface area (Å²) in [7, 11) is 0. The zero-order valence-electron chi connectivity index (χ0n) is 20.4. The Morgan fingerprint density at radius 3 is 2.69 bits per heavy atom. The second-order valence-electron chi connectivity index (χ2n) is 9.26. The highest BCUT2D eigenvalue weighted by Crippen LogP contribution is 2.34. The molecule has 0 aliphatic heterocycles. The first kappa shape index (κ1) is 23.7. The van der Waals surface area contributed by atoms with Crippen LogP contribution in [0, 0.1) is 33.6 Å². The van der Waals surface area contributed by atoms with E-state index in [2.05, 4.69) is 47.3 Å². The van der Waals surface area contributed by atoms with Crippen molar-refractivity contribution in [3.05, 3.63) is 63.0 Å². The van der Waals surface area contributed by atoms with Gasteiger partial charge in [0.2, 0.25) is 0 Å². The molecule has 35 heavy (non-hydrogen) atoms. The summed E-state index contributed by atoms with van der Waals surface area (Å²) in [4.78, 5) is 39.3. The van der Waals surface area contributed by atoms with Crippen LogP contribution in [0.4, 0.5) is 0 Å². The molecule has 2 amide bonds. The summed E-state index contributed by atoms with van der Waals surface area (Å²) in [5, 5.41) is 5.78. The molecule has 3 aromatic heterocycles. The number of rotatable bonds is 8. The Balaban J connectivity index is 1.33. The molecule has 0 spiro atoms. The van der Waals surface area contributed by atoms with Gasteiger partial charge in [0.25, 0.3) is 11.8 Å². The third-order valence-corrected chi connectivity index (χ3v) is 8.26. The maximum absolute atomic E-state index is 13.7. The van der Waals surface area contributed by atoms with Crippen molar-refractivity contribution in [3.63, 3.8) is 0 Å². The largest absolute Gasteiger partial charge is 0.349 e. The number of aryl methyl sites for hydroxylation is 4. The van der Waals surface area contributed by atoms with Crippen LogP contribution in [0.25, 0.3) is 15.4 Å². The maximum Gasteiger partial charge on any atom is 0.274 e. The van der Waals surface area contributed by atoms with Gasteiger partial charge in [-0.15, -0.1) is 22.7 Å². The lowest BCUT2D eigenvalue weighted by atomic mass is 10.0. The van der Waals surface area contributed by atoms with Crippen LogP contribution in [0.1, 0.15) is 55.6 Å². The molecule has 1 aliphatic carbocycles. The molecule has 1 aliphatic rings. The standard InChI is InChI=1S/C26H29N5O2S2/c1-15-5-8-20(13-16(15)2)23-21(29-18(4)35-23)25(33)30(14-19-6-7-19)10-9-27-24(32)22-17(3)28-26-31(22)11-12-34-26/h5,8,11-13,19H,6-7,9-10,14H2,1-4H3,(H,27,32). The zero-order chi connectivity index (χ0) is 24.7. The number of fused-ring (bicyclic) bond motifs is 1. The molecule has 9 heteroatoms. The monoisotopic (exact) mass is 507 g/mol. The average molecular weight is 508 g/mol. The minimum Gasteiger partial charge on any atom is -0.349 e. The lowest BCUT2D eigenvalue weighted by Gasteiger charge is -2.22. The molecule has 4 aromatic rings. The number of nitrogens with zero attached hydrogens (tertiary/aromatic N) is 4. The van der Waals surface area contributed by atoms with Crippen LogP contribution in [0.5, 0.6) is 0 Å². The van der Waals surface area contributed by atoms with E-state index in [1.54, 1.807) is 11.3 Å². The average Bonchev–Trinajstić information content (AvgIpc) is 3.23. The Morgan fingerprint density at radius 1 is 1.14 bits per heavy atom. The van der Waals surface area contributed by atoms with E-state index in [4.69, 9.17) is 0 Å². The molecular weight excluding hydrogens is 478 g/mol. The van der Waals surface area contributed by atoms with Gasteiger partial charge in [-0.05, 0) is 63.1 Å². The number of amides is 2. The highest BCUT2D eigenvalue weighted by Gasteiger charge is 2.30. The lowest BCUT2D eigenvalue weighted by Crippen LogP contribution is -2.40. The van der Waals surface area contributed by atoms with Crippen molar-refractivity contribution >= 4 is 39.4 Å². The van der Waals surface area contributed by atoms with Crippen molar-refractivity contribution in [1.29, 1.82) is 0 Å². The Morgan fingerprint density at radius 2 is 1.94 bits per heavy atom. The SMILES string of the molecule is Cc1nc(C(=O)N(CCNC(=O)c2c(C)nc3sccn23)CC2CC2)c(-c2ccc(C)c(C)c2)s1. The molecule has 3 heterocycles. The minimum atomic E-state index is -0.174. The third kappa shape index (κ3) is 4.88. The van der Waals surface area contributed by atoms with Crippen molar-refractivity contribution in [1.82, 2.24) is 24.6 Å². The molecular formula is C26H29N5O2S2.